The van der Waals surface area contributed by atoms with Crippen LogP contribution < -0.4 is 4.72 Å². The highest BCUT2D eigenvalue weighted by atomic mass is 32.2. The van der Waals surface area contributed by atoms with Gasteiger partial charge in [-0.15, -0.1) is 0 Å². The maximum atomic E-state index is 12.9. The summed E-state index contributed by atoms with van der Waals surface area (Å²) in [7, 11) is -1.64. The van der Waals surface area contributed by atoms with E-state index >= 15 is 0 Å². The van der Waals surface area contributed by atoms with Gasteiger partial charge in [0.15, 0.2) is 0 Å². The monoisotopic (exact) mass is 382 g/mol. The Labute approximate surface area is 156 Å². The van der Waals surface area contributed by atoms with Gasteiger partial charge in [-0.3, -0.25) is 9.48 Å². The summed E-state index contributed by atoms with van der Waals surface area (Å²) in [4.78, 5) is 14.6. The summed E-state index contributed by atoms with van der Waals surface area (Å²) in [6, 6.07) is 1.89. The minimum absolute atomic E-state index is 0.0664. The first-order valence-corrected chi connectivity index (χ1v) is 11.2. The van der Waals surface area contributed by atoms with Crippen LogP contribution >= 0.6 is 0 Å². The lowest BCUT2D eigenvalue weighted by atomic mass is 10.1. The van der Waals surface area contributed by atoms with Gasteiger partial charge in [0.05, 0.1) is 10.9 Å². The minimum atomic E-state index is -3.40. The normalized spacial score (nSPS) is 22.3. The van der Waals surface area contributed by atoms with Crippen molar-refractivity contribution < 1.29 is 13.2 Å². The number of likely N-dealkylation sites (tertiary alicyclic amines) is 1. The molecule has 0 radical (unpaired) electrons. The quantitative estimate of drug-likeness (QED) is 0.844. The van der Waals surface area contributed by atoms with E-state index in [-0.39, 0.29) is 24.4 Å². The Morgan fingerprint density at radius 1 is 1.23 bits per heavy atom. The molecule has 1 aliphatic carbocycles. The molecule has 0 aromatic carbocycles. The number of piperidine rings is 1. The van der Waals surface area contributed by atoms with Crippen molar-refractivity contribution in [2.45, 2.75) is 69.6 Å². The van der Waals surface area contributed by atoms with Gasteiger partial charge in [-0.05, 0) is 37.7 Å². The van der Waals surface area contributed by atoms with Gasteiger partial charge >= 0.3 is 0 Å². The minimum Gasteiger partial charge on any atom is -0.336 e. The lowest BCUT2D eigenvalue weighted by Gasteiger charge is -2.33. The molecule has 1 amide bonds. The molecule has 2 heterocycles. The molecular formula is C18H30N4O3S. The third-order valence-corrected chi connectivity index (χ3v) is 7.42. The number of hydrogen-bond acceptors (Lipinski definition) is 4. The van der Waals surface area contributed by atoms with Crippen LogP contribution in [-0.4, -0.2) is 53.4 Å². The third kappa shape index (κ3) is 4.11. The number of aromatic nitrogens is 2. The lowest BCUT2D eigenvalue weighted by molar-refractivity contribution is 0.0715. The molecule has 1 saturated carbocycles. The van der Waals surface area contributed by atoms with Crippen LogP contribution in [0, 0.1) is 0 Å². The standard InChI is InChI=1S/C18H30N4O3S/c1-13(2)16-11-17(21(3)19-16)18(23)22-10-6-9-15(12-22)26(24,25)20-14-7-4-5-8-14/h11,13-15,20H,4-10,12H2,1-3H3. The fourth-order valence-electron chi connectivity index (χ4n) is 3.88. The van der Waals surface area contributed by atoms with Crippen molar-refractivity contribution in [3.63, 3.8) is 0 Å². The lowest BCUT2D eigenvalue weighted by Crippen LogP contribution is -2.50. The van der Waals surface area contributed by atoms with Crippen LogP contribution in [0.5, 0.6) is 0 Å². The van der Waals surface area contributed by atoms with Crippen molar-refractivity contribution in [2.75, 3.05) is 13.1 Å². The van der Waals surface area contributed by atoms with Crippen LogP contribution in [0.2, 0.25) is 0 Å². The highest BCUT2D eigenvalue weighted by molar-refractivity contribution is 7.90. The molecule has 0 bridgehead atoms. The van der Waals surface area contributed by atoms with Crippen LogP contribution in [0.1, 0.15) is 74.5 Å². The van der Waals surface area contributed by atoms with Gasteiger partial charge in [0.25, 0.3) is 5.91 Å². The van der Waals surface area contributed by atoms with Crippen LogP contribution in [-0.2, 0) is 17.1 Å². The summed E-state index contributed by atoms with van der Waals surface area (Å²) >= 11 is 0. The van der Waals surface area contributed by atoms with E-state index in [1.807, 2.05) is 19.9 Å². The van der Waals surface area contributed by atoms with E-state index in [4.69, 9.17) is 0 Å². The van der Waals surface area contributed by atoms with Crippen LogP contribution in [0.15, 0.2) is 6.07 Å². The summed E-state index contributed by atoms with van der Waals surface area (Å²) in [5.74, 6) is 0.112. The molecule has 2 fully saturated rings. The zero-order valence-electron chi connectivity index (χ0n) is 15.9. The molecule has 0 spiro atoms. The molecule has 8 heteroatoms. The summed E-state index contributed by atoms with van der Waals surface area (Å²) in [5, 5.41) is 3.87. The highest BCUT2D eigenvalue weighted by Crippen LogP contribution is 2.23. The molecule has 1 atom stereocenters. The number of carbonyl (C=O) groups excluding carboxylic acids is 1. The van der Waals surface area contributed by atoms with Crippen LogP contribution in [0.3, 0.4) is 0 Å². The topological polar surface area (TPSA) is 84.3 Å². The number of rotatable bonds is 5. The fraction of sp³-hybridized carbons (Fsp3) is 0.778. The molecule has 3 rings (SSSR count). The summed E-state index contributed by atoms with van der Waals surface area (Å²) < 4.78 is 30.0. The second kappa shape index (κ2) is 7.68. The molecule has 1 saturated heterocycles. The van der Waals surface area contributed by atoms with E-state index in [2.05, 4.69) is 9.82 Å². The molecular weight excluding hydrogens is 352 g/mol. The molecule has 7 nitrogen and oxygen atoms in total. The van der Waals surface area contributed by atoms with Gasteiger partial charge in [-0.2, -0.15) is 5.10 Å². The van der Waals surface area contributed by atoms with Gasteiger partial charge in [-0.25, -0.2) is 13.1 Å². The van der Waals surface area contributed by atoms with Gasteiger partial charge in [0.1, 0.15) is 5.69 Å². The number of nitrogens with one attached hydrogen (secondary N) is 1. The average molecular weight is 383 g/mol. The van der Waals surface area contributed by atoms with Crippen molar-refractivity contribution in [1.29, 1.82) is 0 Å². The van der Waals surface area contributed by atoms with Gasteiger partial charge in [0.2, 0.25) is 10.0 Å². The van der Waals surface area contributed by atoms with E-state index in [0.717, 1.165) is 31.4 Å². The van der Waals surface area contributed by atoms with Crippen molar-refractivity contribution in [2.24, 2.45) is 7.05 Å². The first-order valence-electron chi connectivity index (χ1n) is 9.62. The molecule has 146 valence electrons. The molecule has 1 aromatic heterocycles. The van der Waals surface area contributed by atoms with E-state index < -0.39 is 15.3 Å². The Morgan fingerprint density at radius 3 is 2.54 bits per heavy atom. The number of hydrogen-bond donors (Lipinski definition) is 1. The Kier molecular flexibility index (Phi) is 5.72. The number of aryl methyl sites for hydroxylation is 1. The van der Waals surface area contributed by atoms with E-state index in [9.17, 15) is 13.2 Å². The van der Waals surface area contributed by atoms with Crippen LogP contribution in [0.25, 0.3) is 0 Å². The molecule has 1 unspecified atom stereocenters. The number of carbonyl (C=O) groups is 1. The van der Waals surface area contributed by atoms with Crippen molar-refractivity contribution in [3.8, 4) is 0 Å². The number of amides is 1. The van der Waals surface area contributed by atoms with Crippen molar-refractivity contribution in [3.05, 3.63) is 17.5 Å². The fourth-order valence-corrected chi connectivity index (χ4v) is 5.63. The van der Waals surface area contributed by atoms with Crippen LogP contribution in [0.4, 0.5) is 0 Å². The number of sulfonamides is 1. The molecule has 1 aliphatic heterocycles. The second-order valence-electron chi connectivity index (χ2n) is 7.89. The molecule has 26 heavy (non-hydrogen) atoms. The Morgan fingerprint density at radius 2 is 1.92 bits per heavy atom. The zero-order chi connectivity index (χ0) is 18.9. The zero-order valence-corrected chi connectivity index (χ0v) is 16.8. The van der Waals surface area contributed by atoms with Crippen molar-refractivity contribution in [1.82, 2.24) is 19.4 Å². The Bertz CT molecular complexity index is 750. The first kappa shape index (κ1) is 19.4. The predicted molar refractivity (Wildman–Crippen MR) is 101 cm³/mol. The predicted octanol–water partition coefficient (Wildman–Crippen LogP) is 2.01. The Hall–Kier alpha value is -1.41. The second-order valence-corrected chi connectivity index (χ2v) is 9.88. The highest BCUT2D eigenvalue weighted by Gasteiger charge is 2.35. The van der Waals surface area contributed by atoms with Gasteiger partial charge in [-0.1, -0.05) is 26.7 Å². The smallest absolute Gasteiger partial charge is 0.272 e. The van der Waals surface area contributed by atoms with E-state index in [0.29, 0.717) is 25.1 Å². The first-order chi connectivity index (χ1) is 12.3. The molecule has 1 N–H and O–H groups in total. The third-order valence-electron chi connectivity index (χ3n) is 5.50. The van der Waals surface area contributed by atoms with Crippen molar-refractivity contribution >= 4 is 15.9 Å². The number of nitrogens with zero attached hydrogens (tertiary/aromatic N) is 3. The van der Waals surface area contributed by atoms with Gasteiger partial charge in [0, 0.05) is 26.2 Å². The SMILES string of the molecule is CC(C)c1cc(C(=O)N2CCCC(S(=O)(=O)NC3CCCC3)C2)n(C)n1. The summed E-state index contributed by atoms with van der Waals surface area (Å²) in [6.07, 6.45) is 5.32. The van der Waals surface area contributed by atoms with E-state index in [1.165, 1.54) is 0 Å². The average Bonchev–Trinajstić information content (AvgIpc) is 3.23. The van der Waals surface area contributed by atoms with Gasteiger partial charge < -0.3 is 4.90 Å². The largest absolute Gasteiger partial charge is 0.336 e. The molecule has 1 aromatic rings. The maximum absolute atomic E-state index is 12.9. The Balaban J connectivity index is 1.70. The summed E-state index contributed by atoms with van der Waals surface area (Å²) in [6.45, 7) is 4.92. The van der Waals surface area contributed by atoms with E-state index in [1.54, 1.807) is 16.6 Å². The molecule has 2 aliphatic rings. The summed E-state index contributed by atoms with van der Waals surface area (Å²) in [5.41, 5.74) is 1.40. The maximum Gasteiger partial charge on any atom is 0.272 e.